The van der Waals surface area contributed by atoms with Crippen molar-refractivity contribution < 1.29 is 80.2 Å². The van der Waals surface area contributed by atoms with Crippen molar-refractivity contribution in [3.05, 3.63) is 122 Å². The van der Waals surface area contributed by atoms with Gasteiger partial charge in [0.25, 0.3) is 0 Å². The number of carbonyl (C=O) groups is 4. The molecule has 0 aliphatic heterocycles. The summed E-state index contributed by atoms with van der Waals surface area (Å²) in [7, 11) is -9.98. The predicted molar refractivity (Wildman–Crippen MR) is 418 cm³/mol. The first-order chi connectivity index (χ1) is 49.7. The molecule has 17 nitrogen and oxygen atoms in total. The monoisotopic (exact) mass is 1470 g/mol. The molecule has 0 aliphatic rings. The molecule has 0 aromatic carbocycles. The molecule has 5 unspecified atom stereocenters. The van der Waals surface area contributed by atoms with Crippen molar-refractivity contribution in [2.45, 2.75) is 341 Å². The molecule has 0 fully saturated rings. The van der Waals surface area contributed by atoms with Crippen molar-refractivity contribution in [3.63, 3.8) is 0 Å². The molecule has 102 heavy (non-hydrogen) atoms. The lowest BCUT2D eigenvalue weighted by Gasteiger charge is -2.21. The van der Waals surface area contributed by atoms with Crippen LogP contribution >= 0.6 is 15.6 Å². The van der Waals surface area contributed by atoms with Gasteiger partial charge in [0.2, 0.25) is 0 Å². The molecule has 0 heterocycles. The van der Waals surface area contributed by atoms with E-state index in [0.29, 0.717) is 32.1 Å². The quantitative estimate of drug-likeness (QED) is 0.0169. The summed E-state index contributed by atoms with van der Waals surface area (Å²) in [5, 5.41) is 10.6. The van der Waals surface area contributed by atoms with Gasteiger partial charge in [-0.1, -0.05) is 297 Å². The Morgan fingerprint density at radius 3 is 0.902 bits per heavy atom. The van der Waals surface area contributed by atoms with E-state index in [-0.39, 0.29) is 25.7 Å². The van der Waals surface area contributed by atoms with Gasteiger partial charge in [-0.3, -0.25) is 37.3 Å². The van der Waals surface area contributed by atoms with Crippen LogP contribution in [0.25, 0.3) is 0 Å². The summed E-state index contributed by atoms with van der Waals surface area (Å²) in [5.74, 6) is -2.29. The number of rotatable bonds is 74. The Morgan fingerprint density at radius 1 is 0.284 bits per heavy atom. The van der Waals surface area contributed by atoms with Gasteiger partial charge < -0.3 is 33.8 Å². The van der Waals surface area contributed by atoms with E-state index in [0.717, 1.165) is 154 Å². The second kappa shape index (κ2) is 74.7. The number of allylic oxidation sites excluding steroid dienone is 20. The standard InChI is InChI=1S/C83H142O17P2/c1-5-9-13-17-21-25-29-33-36-37-38-39-42-45-48-52-56-60-64-68-81(86)94-73-78(99-82(87)69-65-61-57-53-49-43-32-28-24-20-16-12-8-4)75-97-101(89,90)95-71-77(84)72-96-102(91,92)98-76-79(100-83(88)70-66-62-58-54-50-46-41-35-31-27-23-19-15-11-7-3)74-93-80(85)67-63-59-55-51-47-44-40-34-30-26-22-18-14-10-6-2/h9,13,16,20-22,25-26,28,32-34,36,38-40,45,48,56,60,77-79,84H,5-8,10-12,14-15,17-19,23-24,27,29-31,35,37,41-44,46-47,49-55,57-59,61-76H2,1-4H3,(H,89,90)(H,91,92)/b13-9-,20-16-,25-21-,26-22-,32-28-,36-33-,39-38-,40-34-,48-45-,60-56-. The Morgan fingerprint density at radius 2 is 0.549 bits per heavy atom. The van der Waals surface area contributed by atoms with E-state index in [1.807, 2.05) is 18.2 Å². The maximum absolute atomic E-state index is 13.1. The lowest BCUT2D eigenvalue weighted by Crippen LogP contribution is -2.30. The minimum atomic E-state index is -5.00. The molecular formula is C83H142O17P2. The zero-order chi connectivity index (χ0) is 74.6. The maximum Gasteiger partial charge on any atom is 0.472 e. The second-order valence-corrected chi connectivity index (χ2v) is 29.2. The largest absolute Gasteiger partial charge is 0.472 e. The molecule has 5 atom stereocenters. The molecule has 19 heteroatoms. The van der Waals surface area contributed by atoms with Gasteiger partial charge >= 0.3 is 39.5 Å². The summed E-state index contributed by atoms with van der Waals surface area (Å²) in [6, 6.07) is 0. The number of aliphatic hydroxyl groups excluding tert-OH is 1. The van der Waals surface area contributed by atoms with Crippen molar-refractivity contribution in [1.29, 1.82) is 0 Å². The Kier molecular flexibility index (Phi) is 71.4. The average Bonchev–Trinajstić information content (AvgIpc) is 0.908. The van der Waals surface area contributed by atoms with Crippen molar-refractivity contribution in [3.8, 4) is 0 Å². The Hall–Kier alpha value is -4.54. The number of esters is 4. The van der Waals surface area contributed by atoms with E-state index in [1.165, 1.54) is 83.5 Å². The highest BCUT2D eigenvalue weighted by atomic mass is 31.2. The van der Waals surface area contributed by atoms with Crippen LogP contribution in [0.5, 0.6) is 0 Å². The first-order valence-electron chi connectivity index (χ1n) is 39.8. The van der Waals surface area contributed by atoms with E-state index in [2.05, 4.69) is 131 Å². The van der Waals surface area contributed by atoms with Gasteiger partial charge in [-0.15, -0.1) is 0 Å². The third-order valence-corrected chi connectivity index (χ3v) is 18.3. The zero-order valence-electron chi connectivity index (χ0n) is 64.0. The number of aliphatic hydroxyl groups is 1. The van der Waals surface area contributed by atoms with Gasteiger partial charge in [0.1, 0.15) is 19.3 Å². The molecular weight excluding hydrogens is 1330 g/mol. The van der Waals surface area contributed by atoms with Crippen molar-refractivity contribution >= 4 is 39.5 Å². The van der Waals surface area contributed by atoms with Crippen LogP contribution in [0, 0.1) is 0 Å². The minimum absolute atomic E-state index is 0.0311. The molecule has 0 saturated heterocycles. The summed E-state index contributed by atoms with van der Waals surface area (Å²) in [5.41, 5.74) is 0. The summed E-state index contributed by atoms with van der Waals surface area (Å²) in [4.78, 5) is 72.9. The van der Waals surface area contributed by atoms with Gasteiger partial charge in [0, 0.05) is 25.7 Å². The van der Waals surface area contributed by atoms with E-state index in [1.54, 1.807) is 0 Å². The smallest absolute Gasteiger partial charge is 0.462 e. The molecule has 0 saturated carbocycles. The highest BCUT2D eigenvalue weighted by Gasteiger charge is 2.30. The molecule has 0 amide bonds. The van der Waals surface area contributed by atoms with Gasteiger partial charge in [0.15, 0.2) is 12.2 Å². The third kappa shape index (κ3) is 73.8. The highest BCUT2D eigenvalue weighted by molar-refractivity contribution is 7.47. The molecule has 0 rings (SSSR count). The lowest BCUT2D eigenvalue weighted by atomic mass is 10.0. The second-order valence-electron chi connectivity index (χ2n) is 26.3. The number of unbranched alkanes of at least 4 members (excludes halogenated alkanes) is 28. The Balaban J connectivity index is 5.41. The molecule has 0 bridgehead atoms. The number of phosphoric ester groups is 2. The van der Waals surface area contributed by atoms with Crippen LogP contribution in [0.2, 0.25) is 0 Å². The topological polar surface area (TPSA) is 237 Å². The minimum Gasteiger partial charge on any atom is -0.462 e. The lowest BCUT2D eigenvalue weighted by molar-refractivity contribution is -0.161. The van der Waals surface area contributed by atoms with Crippen molar-refractivity contribution in [2.75, 3.05) is 39.6 Å². The van der Waals surface area contributed by atoms with Gasteiger partial charge in [0.05, 0.1) is 26.4 Å². The SMILES string of the molecule is CC/C=C\C/C=C\C/C=C\C/C=C\C/C=C\C/C=C\CCC(=O)OCC(COP(=O)(O)OCC(O)COP(=O)(O)OCC(COC(=O)CCCCCCC/C=C\C/C=C\CCCCC)OC(=O)CCCCCCCCCCCCCCCCC)OC(=O)CCCCCCC/C=C\C/C=C\CCC. The molecule has 0 radical (unpaired) electrons. The number of carbonyl (C=O) groups excluding carboxylic acids is 4. The number of ether oxygens (including phenoxy) is 4. The maximum atomic E-state index is 13.1. The summed E-state index contributed by atoms with van der Waals surface area (Å²) >= 11 is 0. The van der Waals surface area contributed by atoms with Gasteiger partial charge in [-0.2, -0.15) is 0 Å². The molecule has 0 aromatic rings. The van der Waals surface area contributed by atoms with E-state index in [4.69, 9.17) is 37.0 Å². The van der Waals surface area contributed by atoms with Gasteiger partial charge in [-0.25, -0.2) is 9.13 Å². The number of phosphoric acid groups is 2. The van der Waals surface area contributed by atoms with Crippen LogP contribution in [0.1, 0.15) is 323 Å². The normalized spacial score (nSPS) is 14.5. The fraction of sp³-hybridized carbons (Fsp3) is 0.711. The molecule has 586 valence electrons. The fourth-order valence-electron chi connectivity index (χ4n) is 10.4. The van der Waals surface area contributed by atoms with Gasteiger partial charge in [-0.05, 0) is 122 Å². The predicted octanol–water partition coefficient (Wildman–Crippen LogP) is 23.1. The van der Waals surface area contributed by atoms with Crippen LogP contribution in [0.3, 0.4) is 0 Å². The fourth-order valence-corrected chi connectivity index (χ4v) is 12.0. The molecule has 0 spiro atoms. The zero-order valence-corrected chi connectivity index (χ0v) is 65.8. The van der Waals surface area contributed by atoms with Crippen LogP contribution < -0.4 is 0 Å². The van der Waals surface area contributed by atoms with Crippen molar-refractivity contribution in [1.82, 2.24) is 0 Å². The number of hydrogen-bond acceptors (Lipinski definition) is 15. The van der Waals surface area contributed by atoms with Crippen molar-refractivity contribution in [2.24, 2.45) is 0 Å². The highest BCUT2D eigenvalue weighted by Crippen LogP contribution is 2.45. The molecule has 0 aliphatic carbocycles. The van der Waals surface area contributed by atoms with E-state index in [9.17, 15) is 43.2 Å². The summed E-state index contributed by atoms with van der Waals surface area (Å²) in [6.07, 6.45) is 81.9. The number of hydrogen-bond donors (Lipinski definition) is 3. The third-order valence-electron chi connectivity index (χ3n) is 16.4. The van der Waals surface area contributed by atoms with Crippen LogP contribution in [0.4, 0.5) is 0 Å². The van der Waals surface area contributed by atoms with E-state index >= 15 is 0 Å². The first-order valence-corrected chi connectivity index (χ1v) is 42.8. The average molecular weight is 1470 g/mol. The van der Waals surface area contributed by atoms with Crippen LogP contribution in [0.15, 0.2) is 122 Å². The Labute approximate surface area is 619 Å². The summed E-state index contributed by atoms with van der Waals surface area (Å²) in [6.45, 7) is 4.58. The van der Waals surface area contributed by atoms with Crippen LogP contribution in [-0.4, -0.2) is 96.7 Å². The Bertz CT molecular complexity index is 2410. The van der Waals surface area contributed by atoms with E-state index < -0.39 is 97.5 Å². The summed E-state index contributed by atoms with van der Waals surface area (Å²) < 4.78 is 68.5. The first kappa shape index (κ1) is 97.5. The van der Waals surface area contributed by atoms with Crippen LogP contribution in [-0.2, 0) is 65.4 Å². The molecule has 3 N–H and O–H groups in total. The molecule has 0 aromatic heterocycles.